The SMILES string of the molecule is O=C(NC(C(=O)c1cc(F)ccc1F)c1cncc(Br)c1)OCc1ccccc1. The lowest BCUT2D eigenvalue weighted by atomic mass is 9.98. The maximum Gasteiger partial charge on any atom is 0.408 e. The van der Waals surface area contributed by atoms with Gasteiger partial charge in [0.1, 0.15) is 24.3 Å². The van der Waals surface area contributed by atoms with Crippen LogP contribution < -0.4 is 5.32 Å². The van der Waals surface area contributed by atoms with Crippen molar-refractivity contribution in [3.63, 3.8) is 0 Å². The van der Waals surface area contributed by atoms with Crippen LogP contribution in [-0.4, -0.2) is 16.9 Å². The molecule has 0 bridgehead atoms. The fraction of sp³-hybridized carbons (Fsp3) is 0.0952. The Hall–Kier alpha value is -3.13. The largest absolute Gasteiger partial charge is 0.445 e. The molecular weight excluding hydrogens is 446 g/mol. The molecule has 29 heavy (non-hydrogen) atoms. The fourth-order valence-corrected chi connectivity index (χ4v) is 2.99. The zero-order valence-corrected chi connectivity index (χ0v) is 16.5. The van der Waals surface area contributed by atoms with Gasteiger partial charge >= 0.3 is 6.09 Å². The Balaban J connectivity index is 1.84. The third-order valence-corrected chi connectivity index (χ3v) is 4.42. The summed E-state index contributed by atoms with van der Waals surface area (Å²) < 4.78 is 33.4. The van der Waals surface area contributed by atoms with E-state index in [0.29, 0.717) is 4.47 Å². The van der Waals surface area contributed by atoms with Crippen molar-refractivity contribution in [1.82, 2.24) is 10.3 Å². The number of nitrogens with one attached hydrogen (secondary N) is 1. The number of carbonyl (C=O) groups excluding carboxylic acids is 2. The van der Waals surface area contributed by atoms with Crippen molar-refractivity contribution in [2.45, 2.75) is 12.6 Å². The number of ketones is 1. The van der Waals surface area contributed by atoms with Gasteiger partial charge in [0.2, 0.25) is 0 Å². The van der Waals surface area contributed by atoms with E-state index in [0.717, 1.165) is 23.8 Å². The number of hydrogen-bond acceptors (Lipinski definition) is 4. The second-order valence-electron chi connectivity index (χ2n) is 6.06. The molecule has 148 valence electrons. The summed E-state index contributed by atoms with van der Waals surface area (Å²) in [4.78, 5) is 29.2. The van der Waals surface area contributed by atoms with Crippen LogP contribution in [0.2, 0.25) is 0 Å². The molecule has 3 aromatic rings. The van der Waals surface area contributed by atoms with Gasteiger partial charge < -0.3 is 10.1 Å². The van der Waals surface area contributed by atoms with Gasteiger partial charge in [-0.1, -0.05) is 30.3 Å². The normalized spacial score (nSPS) is 11.6. The Morgan fingerprint density at radius 2 is 1.83 bits per heavy atom. The van der Waals surface area contributed by atoms with E-state index in [9.17, 15) is 18.4 Å². The summed E-state index contributed by atoms with van der Waals surface area (Å²) >= 11 is 3.24. The minimum absolute atomic E-state index is 0.0152. The third-order valence-electron chi connectivity index (χ3n) is 3.99. The predicted octanol–water partition coefficient (Wildman–Crippen LogP) is 4.97. The molecule has 0 saturated heterocycles. The average molecular weight is 461 g/mol. The summed E-state index contributed by atoms with van der Waals surface area (Å²) in [5.41, 5.74) is 0.550. The van der Waals surface area contributed by atoms with Gasteiger partial charge in [0.25, 0.3) is 0 Å². The van der Waals surface area contributed by atoms with Crippen molar-refractivity contribution >= 4 is 27.8 Å². The quantitative estimate of drug-likeness (QED) is 0.527. The van der Waals surface area contributed by atoms with Gasteiger partial charge in [0.05, 0.1) is 5.56 Å². The average Bonchev–Trinajstić information content (AvgIpc) is 2.72. The van der Waals surface area contributed by atoms with E-state index in [4.69, 9.17) is 4.74 Å². The first-order valence-electron chi connectivity index (χ1n) is 8.51. The molecule has 1 aromatic heterocycles. The van der Waals surface area contributed by atoms with E-state index in [1.165, 1.54) is 12.4 Å². The number of hydrogen-bond donors (Lipinski definition) is 1. The number of aromatic nitrogens is 1. The first-order chi connectivity index (χ1) is 13.9. The zero-order chi connectivity index (χ0) is 20.8. The smallest absolute Gasteiger partial charge is 0.408 e. The molecule has 0 aliphatic rings. The van der Waals surface area contributed by atoms with Crippen molar-refractivity contribution in [1.29, 1.82) is 0 Å². The predicted molar refractivity (Wildman–Crippen MR) is 105 cm³/mol. The molecule has 1 amide bonds. The van der Waals surface area contributed by atoms with Gasteiger partial charge in [-0.15, -0.1) is 0 Å². The van der Waals surface area contributed by atoms with Crippen LogP contribution in [0.5, 0.6) is 0 Å². The van der Waals surface area contributed by atoms with E-state index in [2.05, 4.69) is 26.2 Å². The number of benzene rings is 2. The van der Waals surface area contributed by atoms with Crippen LogP contribution in [0.1, 0.15) is 27.5 Å². The number of pyridine rings is 1. The van der Waals surface area contributed by atoms with Crippen LogP contribution in [0.4, 0.5) is 13.6 Å². The van der Waals surface area contributed by atoms with Crippen LogP contribution in [0.15, 0.2) is 71.5 Å². The van der Waals surface area contributed by atoms with E-state index < -0.39 is 35.1 Å². The summed E-state index contributed by atoms with van der Waals surface area (Å²) in [5, 5.41) is 2.42. The molecule has 8 heteroatoms. The summed E-state index contributed by atoms with van der Waals surface area (Å²) in [6.45, 7) is -0.0152. The molecule has 0 aliphatic heterocycles. The molecule has 5 nitrogen and oxygen atoms in total. The van der Waals surface area contributed by atoms with Gasteiger partial charge in [-0.25, -0.2) is 13.6 Å². The topological polar surface area (TPSA) is 68.3 Å². The Bertz CT molecular complexity index is 1030. The number of Topliss-reactive ketones (excluding diaryl/α,β-unsaturated/α-hetero) is 1. The van der Waals surface area contributed by atoms with Crippen LogP contribution in [0.25, 0.3) is 0 Å². The monoisotopic (exact) mass is 460 g/mol. The summed E-state index contributed by atoms with van der Waals surface area (Å²) in [6.07, 6.45) is 1.95. The maximum atomic E-state index is 14.1. The molecule has 1 atom stereocenters. The minimum Gasteiger partial charge on any atom is -0.445 e. The van der Waals surface area contributed by atoms with Crippen LogP contribution in [0.3, 0.4) is 0 Å². The number of alkyl carbamates (subject to hydrolysis) is 1. The van der Waals surface area contributed by atoms with Crippen molar-refractivity contribution in [2.24, 2.45) is 0 Å². The molecule has 1 unspecified atom stereocenters. The minimum atomic E-state index is -1.32. The molecular formula is C21H15BrF2N2O3. The second-order valence-corrected chi connectivity index (χ2v) is 6.98. The highest BCUT2D eigenvalue weighted by molar-refractivity contribution is 9.10. The van der Waals surface area contributed by atoms with Crippen molar-refractivity contribution in [2.75, 3.05) is 0 Å². The Kier molecular flexibility index (Phi) is 6.66. The number of carbonyl (C=O) groups is 2. The summed E-state index contributed by atoms with van der Waals surface area (Å²) in [7, 11) is 0. The van der Waals surface area contributed by atoms with Crippen LogP contribution in [-0.2, 0) is 11.3 Å². The standard InChI is InChI=1S/C21H15BrF2N2O3/c22-15-8-14(10-25-11-15)19(20(27)17-9-16(23)6-7-18(17)24)26-21(28)29-12-13-4-2-1-3-5-13/h1-11,19H,12H2,(H,26,28). The lowest BCUT2D eigenvalue weighted by Crippen LogP contribution is -2.34. The van der Waals surface area contributed by atoms with E-state index in [1.54, 1.807) is 30.3 Å². The number of rotatable bonds is 6. The Morgan fingerprint density at radius 3 is 2.55 bits per heavy atom. The highest BCUT2D eigenvalue weighted by atomic mass is 79.9. The molecule has 0 spiro atoms. The summed E-state index contributed by atoms with van der Waals surface area (Å²) in [5.74, 6) is -2.50. The third kappa shape index (κ3) is 5.45. The van der Waals surface area contributed by atoms with Crippen molar-refractivity contribution < 1.29 is 23.1 Å². The lowest BCUT2D eigenvalue weighted by molar-refractivity contribution is 0.0912. The van der Waals surface area contributed by atoms with Crippen LogP contribution >= 0.6 is 15.9 Å². The van der Waals surface area contributed by atoms with Crippen molar-refractivity contribution in [3.8, 4) is 0 Å². The summed E-state index contributed by atoms with van der Waals surface area (Å²) in [6, 6.07) is 11.7. The maximum absolute atomic E-state index is 14.1. The molecule has 0 fully saturated rings. The van der Waals surface area contributed by atoms with Crippen LogP contribution in [0, 0.1) is 11.6 Å². The molecule has 0 radical (unpaired) electrons. The highest BCUT2D eigenvalue weighted by Gasteiger charge is 2.27. The van der Waals surface area contributed by atoms with Gasteiger partial charge in [0.15, 0.2) is 5.78 Å². The van der Waals surface area contributed by atoms with Gasteiger partial charge in [0, 0.05) is 22.4 Å². The van der Waals surface area contributed by atoms with Crippen molar-refractivity contribution in [3.05, 3.63) is 99.8 Å². The highest BCUT2D eigenvalue weighted by Crippen LogP contribution is 2.23. The number of halogens is 3. The number of nitrogens with zero attached hydrogens (tertiary/aromatic N) is 1. The van der Waals surface area contributed by atoms with Gasteiger partial charge in [-0.3, -0.25) is 9.78 Å². The van der Waals surface area contributed by atoms with Gasteiger partial charge in [-0.05, 0) is 45.8 Å². The molecule has 1 heterocycles. The van der Waals surface area contributed by atoms with E-state index in [1.807, 2.05) is 6.07 Å². The fourth-order valence-electron chi connectivity index (χ4n) is 2.61. The molecule has 1 N–H and O–H groups in total. The lowest BCUT2D eigenvalue weighted by Gasteiger charge is -2.18. The zero-order valence-electron chi connectivity index (χ0n) is 14.9. The number of ether oxygens (including phenoxy) is 1. The van der Waals surface area contributed by atoms with E-state index in [-0.39, 0.29) is 12.2 Å². The first kappa shape index (κ1) is 20.6. The number of amides is 1. The molecule has 0 aliphatic carbocycles. The Morgan fingerprint density at radius 1 is 1.07 bits per heavy atom. The molecule has 2 aromatic carbocycles. The van der Waals surface area contributed by atoms with E-state index >= 15 is 0 Å². The second kappa shape index (κ2) is 9.38. The Labute approximate surface area is 173 Å². The first-order valence-corrected chi connectivity index (χ1v) is 9.30. The molecule has 3 rings (SSSR count). The molecule has 0 saturated carbocycles. The van der Waals surface area contributed by atoms with Gasteiger partial charge in [-0.2, -0.15) is 0 Å².